The van der Waals surface area contributed by atoms with Crippen molar-refractivity contribution >= 4 is 39.6 Å². The molecule has 11 aromatic carbocycles. The molecule has 0 radical (unpaired) electrons. The number of nitrogens with one attached hydrogen (secondary N) is 1. The smallest absolute Gasteiger partial charge is 0.412 e. The number of hydrogen-bond donors (Lipinski definition) is 2. The second kappa shape index (κ2) is 56.6. The van der Waals surface area contributed by atoms with Gasteiger partial charge in [-0.1, -0.05) is 271 Å². The summed E-state index contributed by atoms with van der Waals surface area (Å²) in [6.07, 6.45) is 14.6. The van der Waals surface area contributed by atoms with Crippen LogP contribution in [-0.4, -0.2) is 42.7 Å². The molecule has 0 atom stereocenters. The number of carbonyl (C=O) groups is 3. The Hall–Kier alpha value is -11.8. The van der Waals surface area contributed by atoms with Crippen LogP contribution in [0.4, 0.5) is 48.7 Å². The molecule has 0 saturated carbocycles. The van der Waals surface area contributed by atoms with Gasteiger partial charge in [-0.05, 0) is 171 Å². The van der Waals surface area contributed by atoms with Gasteiger partial charge in [-0.3, -0.25) is 4.79 Å². The van der Waals surface area contributed by atoms with E-state index in [2.05, 4.69) is 176 Å². The highest BCUT2D eigenvalue weighted by Crippen LogP contribution is 2.29. The van der Waals surface area contributed by atoms with Gasteiger partial charge in [-0.2, -0.15) is 0 Å². The van der Waals surface area contributed by atoms with Gasteiger partial charge in [0.1, 0.15) is 22.8 Å². The number of phenols is 1. The van der Waals surface area contributed by atoms with E-state index < -0.39 is 81.0 Å². The summed E-state index contributed by atoms with van der Waals surface area (Å²) in [7, 11) is 0. The first-order chi connectivity index (χ1) is 58.2. The third-order valence-corrected chi connectivity index (χ3v) is 18.4. The van der Waals surface area contributed by atoms with E-state index in [1.165, 1.54) is 82.0 Å². The van der Waals surface area contributed by atoms with Crippen LogP contribution in [-0.2, 0) is 43.3 Å². The molecular weight excluding hydrogens is 1560 g/mol. The number of rotatable bonds is 24. The topological polar surface area (TPSA) is 141 Å². The van der Waals surface area contributed by atoms with Gasteiger partial charge in [-0.15, -0.1) is 0 Å². The molecule has 0 saturated heterocycles. The molecule has 0 aliphatic carbocycles. The highest BCUT2D eigenvalue weighted by Gasteiger charge is 2.26. The van der Waals surface area contributed by atoms with Crippen molar-refractivity contribution in [2.45, 2.75) is 186 Å². The van der Waals surface area contributed by atoms with Gasteiger partial charge >= 0.3 is 17.7 Å². The zero-order chi connectivity index (χ0) is 89.2. The van der Waals surface area contributed by atoms with Crippen molar-refractivity contribution in [2.24, 2.45) is 0 Å². The quantitative estimate of drug-likeness (QED) is 0.0115. The molecule has 0 aliphatic heterocycles. The predicted octanol–water partition coefficient (Wildman–Crippen LogP) is 27.7. The number of phenolic OH excluding ortho intramolecular Hbond substituents is 1. The summed E-state index contributed by atoms with van der Waals surface area (Å²) in [5.41, 5.74) is 9.29. The minimum absolute atomic E-state index is 0.0483. The van der Waals surface area contributed by atoms with Crippen LogP contribution in [0.15, 0.2) is 234 Å². The summed E-state index contributed by atoms with van der Waals surface area (Å²) in [5, 5.41) is 16.1. The van der Waals surface area contributed by atoms with Crippen molar-refractivity contribution in [1.82, 2.24) is 5.32 Å². The number of aryl methyl sites for hydroxylation is 7. The minimum Gasteiger partial charge on any atom is -0.507 e. The summed E-state index contributed by atoms with van der Waals surface area (Å²) < 4.78 is 146. The van der Waals surface area contributed by atoms with Crippen molar-refractivity contribution in [1.29, 1.82) is 0 Å². The zero-order valence-corrected chi connectivity index (χ0v) is 71.3. The Morgan fingerprint density at radius 3 is 1.40 bits per heavy atom. The molecule has 10 nitrogen and oxygen atoms in total. The average molecular weight is 1670 g/mol. The van der Waals surface area contributed by atoms with Crippen LogP contribution >= 0.6 is 0 Å². The molecule has 1 amide bonds. The number of esters is 1. The molecule has 0 unspecified atom stereocenters. The number of hydrogen-bond acceptors (Lipinski definition) is 9. The Kier molecular flexibility index (Phi) is 47.5. The maximum Gasteiger partial charge on any atom is 0.412 e. The third-order valence-electron chi connectivity index (χ3n) is 18.4. The molecule has 1 aromatic heterocycles. The van der Waals surface area contributed by atoms with Gasteiger partial charge in [0.15, 0.2) is 52.3 Å². The summed E-state index contributed by atoms with van der Waals surface area (Å²) in [6, 6.07) is 72.3. The van der Waals surface area contributed by atoms with E-state index in [-0.39, 0.29) is 23.9 Å². The number of aromatic hydroxyl groups is 1. The summed E-state index contributed by atoms with van der Waals surface area (Å²) in [4.78, 5) is 46.4. The third kappa shape index (κ3) is 35.2. The van der Waals surface area contributed by atoms with Gasteiger partial charge in [0, 0.05) is 46.8 Å². The SMILES string of the molecule is CCCCNC(=O)Oc1ccc2c(C)cc(=O)oc2c1.CCCCOC(=O)c1ccccc1.CCCCOc1ccc(C(=O)c2ccccc2)c(O)c1.CCCCc1c(F)c(F)c(F)c(F)c1F.CCCc1ccc(CC)cc1.CCCc1cccc(CC)c1.CCc1ccccc1.Cc1c(F)c(F)c(F)c(F)c1F.Cc1cccc2ccccc12. The summed E-state index contributed by atoms with van der Waals surface area (Å²) in [6.45, 7) is 25.4. The van der Waals surface area contributed by atoms with E-state index in [9.17, 15) is 68.2 Å². The first-order valence-electron chi connectivity index (χ1n) is 41.1. The van der Waals surface area contributed by atoms with E-state index in [1.54, 1.807) is 73.7 Å². The van der Waals surface area contributed by atoms with Crippen LogP contribution in [0, 0.1) is 78.9 Å². The Morgan fingerprint density at radius 1 is 0.388 bits per heavy atom. The average Bonchev–Trinajstić information content (AvgIpc) is 0.806. The zero-order valence-electron chi connectivity index (χ0n) is 71.3. The normalized spacial score (nSPS) is 10.2. The number of unbranched alkanes of at least 4 members (excludes halogenated alkanes) is 4. The van der Waals surface area contributed by atoms with Gasteiger partial charge in [0.2, 0.25) is 11.6 Å². The van der Waals surface area contributed by atoms with Crippen LogP contribution in [0.3, 0.4) is 0 Å². The lowest BCUT2D eigenvalue weighted by molar-refractivity contribution is 0.0499. The number of carbonyl (C=O) groups excluding carboxylic acids is 3. The molecule has 12 rings (SSSR count). The highest BCUT2D eigenvalue weighted by molar-refractivity contribution is 6.10. The molecule has 0 bridgehead atoms. The molecule has 121 heavy (non-hydrogen) atoms. The number of ketones is 1. The number of halogens is 10. The first kappa shape index (κ1) is 102. The molecule has 2 N–H and O–H groups in total. The van der Waals surface area contributed by atoms with E-state index >= 15 is 0 Å². The van der Waals surface area contributed by atoms with E-state index in [0.29, 0.717) is 66.4 Å². The van der Waals surface area contributed by atoms with Crippen molar-refractivity contribution in [3.8, 4) is 17.2 Å². The van der Waals surface area contributed by atoms with Crippen LogP contribution in [0.5, 0.6) is 17.2 Å². The van der Waals surface area contributed by atoms with Gasteiger partial charge < -0.3 is 29.1 Å². The van der Waals surface area contributed by atoms with Crippen molar-refractivity contribution in [3.05, 3.63) is 360 Å². The lowest BCUT2D eigenvalue weighted by Crippen LogP contribution is -2.27. The van der Waals surface area contributed by atoms with Gasteiger partial charge in [-0.25, -0.2) is 58.3 Å². The standard InChI is InChI=1S/C17H18O3.C15H17NO4.C11H14O2.C11H10.2C11H16.C10H9F5.C8H10.C7H3F5/c1-2-3-11-20-14-9-10-15(16(18)12-14)17(19)13-7-5-4-6-8-13;1-3-4-7-16-15(18)19-11-5-6-12-10(2)8-14(17)20-13(12)9-11;1-2-3-9-13-11(12)10-7-5-4-6-8-10;1-9-5-4-7-10-6-2-3-8-11(9)10;1-3-6-11-8-5-7-10(4-2)9-11;1-3-5-11-8-6-10(4-2)7-9-11;1-2-3-4-5-6(11)8(13)10(15)9(14)7(5)12;1-2-8-6-4-3-5-7-8;1-2-3(8)5(10)7(12)6(11)4(2)9/h4-10,12,18H,2-3,11H2,1H3;5-6,8-9H,3-4,7H2,1-2H3,(H,16,18);4-8H,2-3,9H2,1H3;2-8H,1H3;5,7-9H,3-4,6H2,1-2H3;6-9H,3-5H2,1-2H3;2-4H2,1H3;3-7H,2H2,1H3;1H3. The fourth-order valence-electron chi connectivity index (χ4n) is 11.3. The molecule has 646 valence electrons. The Morgan fingerprint density at radius 2 is 0.860 bits per heavy atom. The highest BCUT2D eigenvalue weighted by atomic mass is 19.2. The molecule has 0 aliphatic rings. The van der Waals surface area contributed by atoms with Crippen molar-refractivity contribution in [2.75, 3.05) is 19.8 Å². The maximum atomic E-state index is 13.0. The molecule has 0 fully saturated rings. The number of fused-ring (bicyclic) bond motifs is 2. The lowest BCUT2D eigenvalue weighted by Gasteiger charge is -2.08. The van der Waals surface area contributed by atoms with Crippen LogP contribution < -0.4 is 20.4 Å². The molecule has 1 heterocycles. The fraction of sp³-hybridized carbons (Fsp3) is 0.307. The van der Waals surface area contributed by atoms with E-state index in [4.69, 9.17) is 18.6 Å². The second-order valence-electron chi connectivity index (χ2n) is 27.8. The second-order valence-corrected chi connectivity index (χ2v) is 27.8. The molecule has 0 spiro atoms. The van der Waals surface area contributed by atoms with Crippen molar-refractivity contribution in [3.63, 3.8) is 0 Å². The first-order valence-corrected chi connectivity index (χ1v) is 41.1. The fourth-order valence-corrected chi connectivity index (χ4v) is 11.3. The van der Waals surface area contributed by atoms with E-state index in [0.717, 1.165) is 75.7 Å². The van der Waals surface area contributed by atoms with Crippen molar-refractivity contribution < 1.29 is 82.0 Å². The predicted molar refractivity (Wildman–Crippen MR) is 466 cm³/mol. The number of amides is 1. The largest absolute Gasteiger partial charge is 0.507 e. The Balaban J connectivity index is 0.000000290. The summed E-state index contributed by atoms with van der Waals surface area (Å²) >= 11 is 0. The summed E-state index contributed by atoms with van der Waals surface area (Å²) in [5.74, 6) is -18.4. The monoisotopic (exact) mass is 1670 g/mol. The number of benzene rings is 11. The molecular formula is C101H113F10NO9. The minimum atomic E-state index is -2.13. The van der Waals surface area contributed by atoms with Crippen LogP contribution in [0.2, 0.25) is 0 Å². The van der Waals surface area contributed by atoms with Crippen LogP contribution in [0.25, 0.3) is 21.7 Å². The lowest BCUT2D eigenvalue weighted by atomic mass is 10.0. The maximum absolute atomic E-state index is 13.0. The Labute approximate surface area is 706 Å². The van der Waals surface area contributed by atoms with Crippen LogP contribution in [0.1, 0.15) is 203 Å². The van der Waals surface area contributed by atoms with Gasteiger partial charge in [0.05, 0.1) is 24.3 Å². The molecule has 12 aromatic rings. The van der Waals surface area contributed by atoms with Gasteiger partial charge in [0.25, 0.3) is 0 Å². The van der Waals surface area contributed by atoms with E-state index in [1.807, 2.05) is 44.2 Å². The Bertz CT molecular complexity index is 5010. The molecule has 20 heteroatoms. The number of ether oxygens (including phenoxy) is 3.